The number of carbonyl (C=O) groups excluding carboxylic acids is 2. The van der Waals surface area contributed by atoms with Crippen molar-refractivity contribution >= 4 is 12.1 Å². The molecule has 0 bridgehead atoms. The lowest BCUT2D eigenvalue weighted by Crippen LogP contribution is -2.55. The Morgan fingerprint density at radius 2 is 1.79 bits per heavy atom. The van der Waals surface area contributed by atoms with E-state index in [-0.39, 0.29) is 0 Å². The van der Waals surface area contributed by atoms with Gasteiger partial charge in [-0.25, -0.2) is 9.59 Å². The van der Waals surface area contributed by atoms with Gasteiger partial charge in [0.05, 0.1) is 7.11 Å². The second-order valence-corrected chi connectivity index (χ2v) is 5.55. The number of ether oxygens (including phenoxy) is 3. The normalized spacial score (nSPS) is 23.9. The smallest absolute Gasteiger partial charge is 0.413 e. The molecule has 0 spiro atoms. The van der Waals surface area contributed by atoms with Crippen molar-refractivity contribution < 1.29 is 23.8 Å². The topological polar surface area (TPSA) is 65.1 Å². The molecule has 0 unspecified atom stereocenters. The molecule has 110 valence electrons. The third kappa shape index (κ3) is 4.09. The maximum atomic E-state index is 12.2. The first-order chi connectivity index (χ1) is 8.80. The van der Waals surface area contributed by atoms with Crippen molar-refractivity contribution in [2.24, 2.45) is 0 Å². The quantitative estimate of drug-likeness (QED) is 0.719. The van der Waals surface area contributed by atoms with Crippen molar-refractivity contribution in [3.63, 3.8) is 0 Å². The van der Waals surface area contributed by atoms with E-state index in [2.05, 4.69) is 0 Å². The van der Waals surface area contributed by atoms with Crippen LogP contribution in [0, 0.1) is 0 Å². The lowest BCUT2D eigenvalue weighted by molar-refractivity contribution is -0.156. The van der Waals surface area contributed by atoms with Crippen LogP contribution in [0.25, 0.3) is 0 Å². The molecule has 1 fully saturated rings. The lowest BCUT2D eigenvalue weighted by Gasteiger charge is -2.39. The Morgan fingerprint density at radius 3 is 2.26 bits per heavy atom. The van der Waals surface area contributed by atoms with E-state index < -0.39 is 29.9 Å². The van der Waals surface area contributed by atoms with E-state index in [1.165, 1.54) is 19.1 Å². The second kappa shape index (κ2) is 6.23. The van der Waals surface area contributed by atoms with E-state index >= 15 is 0 Å². The van der Waals surface area contributed by atoms with Crippen LogP contribution in [0.3, 0.4) is 0 Å². The molecule has 6 heteroatoms. The Morgan fingerprint density at radius 1 is 1.16 bits per heavy atom. The number of hydrogen-bond acceptors (Lipinski definition) is 5. The molecular formula is C13H23NO5. The molecule has 1 aliphatic rings. The Bertz CT molecular complexity index is 336. The first-order valence-corrected chi connectivity index (χ1v) is 6.42. The van der Waals surface area contributed by atoms with Crippen molar-refractivity contribution in [1.82, 2.24) is 4.90 Å². The monoisotopic (exact) mass is 273 g/mol. The molecule has 1 saturated heterocycles. The minimum absolute atomic E-state index is 0.437. The Labute approximate surface area is 114 Å². The van der Waals surface area contributed by atoms with Gasteiger partial charge in [0.25, 0.3) is 0 Å². The van der Waals surface area contributed by atoms with Gasteiger partial charge in [-0.05, 0) is 40.0 Å². The number of rotatable bonds is 2. The largest absolute Gasteiger partial charge is 0.467 e. The summed E-state index contributed by atoms with van der Waals surface area (Å²) in [5.41, 5.74) is -0.618. The summed E-state index contributed by atoms with van der Waals surface area (Å²) in [5, 5.41) is 0. The molecule has 1 rings (SSSR count). The summed E-state index contributed by atoms with van der Waals surface area (Å²) in [6.45, 7) is 5.34. The average molecular weight is 273 g/mol. The fraction of sp³-hybridized carbons (Fsp3) is 0.846. The molecule has 0 aromatic rings. The SMILES string of the molecule is COC(=O)[C@H]1CCC[C@@H](OC)N1C(=O)OC(C)(C)C. The van der Waals surface area contributed by atoms with Crippen LogP contribution in [0.1, 0.15) is 40.0 Å². The van der Waals surface area contributed by atoms with Gasteiger partial charge in [-0.15, -0.1) is 0 Å². The fourth-order valence-corrected chi connectivity index (χ4v) is 2.12. The number of hydrogen-bond donors (Lipinski definition) is 0. The molecule has 2 atom stereocenters. The summed E-state index contributed by atoms with van der Waals surface area (Å²) >= 11 is 0. The van der Waals surface area contributed by atoms with Gasteiger partial charge in [-0.2, -0.15) is 0 Å². The predicted molar refractivity (Wildman–Crippen MR) is 68.5 cm³/mol. The van der Waals surface area contributed by atoms with Crippen molar-refractivity contribution in [3.8, 4) is 0 Å². The van der Waals surface area contributed by atoms with Gasteiger partial charge in [-0.3, -0.25) is 4.90 Å². The van der Waals surface area contributed by atoms with Gasteiger partial charge in [0.1, 0.15) is 17.9 Å². The van der Waals surface area contributed by atoms with Crippen LogP contribution < -0.4 is 0 Å². The summed E-state index contributed by atoms with van der Waals surface area (Å²) in [5.74, 6) is -0.437. The number of carbonyl (C=O) groups is 2. The minimum Gasteiger partial charge on any atom is -0.467 e. The first kappa shape index (κ1) is 15.8. The van der Waals surface area contributed by atoms with Crippen molar-refractivity contribution in [1.29, 1.82) is 0 Å². The van der Waals surface area contributed by atoms with Crippen LogP contribution in [0.2, 0.25) is 0 Å². The molecule has 0 aromatic carbocycles. The molecule has 1 amide bonds. The molecule has 0 aliphatic carbocycles. The zero-order chi connectivity index (χ0) is 14.6. The minimum atomic E-state index is -0.640. The molecule has 6 nitrogen and oxygen atoms in total. The zero-order valence-corrected chi connectivity index (χ0v) is 12.3. The third-order valence-electron chi connectivity index (χ3n) is 2.92. The number of likely N-dealkylation sites (tertiary alicyclic amines) is 1. The van der Waals surface area contributed by atoms with Crippen LogP contribution >= 0.6 is 0 Å². The lowest BCUT2D eigenvalue weighted by atomic mass is 10.0. The van der Waals surface area contributed by atoms with Gasteiger partial charge in [-0.1, -0.05) is 0 Å². The first-order valence-electron chi connectivity index (χ1n) is 6.42. The summed E-state index contributed by atoms with van der Waals surface area (Å²) in [7, 11) is 2.83. The van der Waals surface area contributed by atoms with E-state index in [0.29, 0.717) is 12.8 Å². The molecule has 0 aromatic heterocycles. The van der Waals surface area contributed by atoms with Gasteiger partial charge in [0.15, 0.2) is 0 Å². The molecule has 19 heavy (non-hydrogen) atoms. The van der Waals surface area contributed by atoms with Crippen molar-refractivity contribution in [3.05, 3.63) is 0 Å². The molecular weight excluding hydrogens is 250 g/mol. The number of methoxy groups -OCH3 is 2. The zero-order valence-electron chi connectivity index (χ0n) is 12.3. The highest BCUT2D eigenvalue weighted by atomic mass is 16.6. The standard InChI is InChI=1S/C13H23NO5/c1-13(2,3)19-12(16)14-9(11(15)18-5)7-6-8-10(14)17-4/h9-10H,6-8H2,1-5H3/t9-,10-/m1/s1. The van der Waals surface area contributed by atoms with Crippen LogP contribution in [-0.4, -0.2) is 49.1 Å². The van der Waals surface area contributed by atoms with Gasteiger partial charge < -0.3 is 14.2 Å². The fourth-order valence-electron chi connectivity index (χ4n) is 2.12. The van der Waals surface area contributed by atoms with Crippen molar-refractivity contribution in [2.45, 2.75) is 57.9 Å². The van der Waals surface area contributed by atoms with E-state index in [4.69, 9.17) is 14.2 Å². The summed E-state index contributed by atoms with van der Waals surface area (Å²) in [6, 6.07) is -0.640. The Hall–Kier alpha value is -1.30. The number of esters is 1. The molecule has 0 saturated carbocycles. The molecule has 1 heterocycles. The van der Waals surface area contributed by atoms with Crippen LogP contribution in [0.5, 0.6) is 0 Å². The predicted octanol–water partition coefficient (Wildman–Crippen LogP) is 1.92. The molecule has 1 aliphatic heterocycles. The van der Waals surface area contributed by atoms with E-state index in [1.807, 2.05) is 0 Å². The summed E-state index contributed by atoms with van der Waals surface area (Å²) in [4.78, 5) is 25.4. The van der Waals surface area contributed by atoms with Gasteiger partial charge in [0.2, 0.25) is 0 Å². The maximum absolute atomic E-state index is 12.2. The Kier molecular flexibility index (Phi) is 5.17. The van der Waals surface area contributed by atoms with E-state index in [9.17, 15) is 9.59 Å². The number of nitrogens with zero attached hydrogens (tertiary/aromatic N) is 1. The highest BCUT2D eigenvalue weighted by molar-refractivity contribution is 5.81. The summed E-state index contributed by atoms with van der Waals surface area (Å²) < 4.78 is 15.4. The van der Waals surface area contributed by atoms with Crippen LogP contribution in [0.4, 0.5) is 4.79 Å². The number of piperidine rings is 1. The highest BCUT2D eigenvalue weighted by Crippen LogP contribution is 2.26. The summed E-state index contributed by atoms with van der Waals surface area (Å²) in [6.07, 6.45) is 1.05. The third-order valence-corrected chi connectivity index (χ3v) is 2.92. The number of amides is 1. The maximum Gasteiger partial charge on any atom is 0.413 e. The van der Waals surface area contributed by atoms with Gasteiger partial charge in [0, 0.05) is 7.11 Å². The van der Waals surface area contributed by atoms with Gasteiger partial charge >= 0.3 is 12.1 Å². The highest BCUT2D eigenvalue weighted by Gasteiger charge is 2.41. The van der Waals surface area contributed by atoms with Crippen LogP contribution in [-0.2, 0) is 19.0 Å². The van der Waals surface area contributed by atoms with Crippen molar-refractivity contribution in [2.75, 3.05) is 14.2 Å². The second-order valence-electron chi connectivity index (χ2n) is 5.55. The molecule has 0 radical (unpaired) electrons. The molecule has 0 N–H and O–H groups in total. The Balaban J connectivity index is 2.91. The van der Waals surface area contributed by atoms with E-state index in [1.54, 1.807) is 20.8 Å². The average Bonchev–Trinajstić information content (AvgIpc) is 2.34. The van der Waals surface area contributed by atoms with Crippen LogP contribution in [0.15, 0.2) is 0 Å². The van der Waals surface area contributed by atoms with E-state index in [0.717, 1.165) is 6.42 Å².